The predicted molar refractivity (Wildman–Crippen MR) is 73.6 cm³/mol. The summed E-state index contributed by atoms with van der Waals surface area (Å²) < 4.78 is 66.0. The standard InChI is InChI=1S/C13H6ClF3N2O2S/c14-12-2-1-11-10(18-12)3-4-19(11)22(20,21)13-8(16)5-7(15)6-9(13)17/h1-6H. The fraction of sp³-hybridized carbons (Fsp3) is 0. The van der Waals surface area contributed by atoms with Crippen molar-refractivity contribution in [1.82, 2.24) is 8.96 Å². The number of pyridine rings is 1. The zero-order chi connectivity index (χ0) is 16.1. The molecule has 2 heterocycles. The van der Waals surface area contributed by atoms with E-state index in [1.54, 1.807) is 0 Å². The molecule has 0 bridgehead atoms. The van der Waals surface area contributed by atoms with E-state index < -0.39 is 32.4 Å². The molecule has 0 aliphatic carbocycles. The second-order valence-electron chi connectivity index (χ2n) is 4.35. The summed E-state index contributed by atoms with van der Waals surface area (Å²) in [5, 5.41) is 0.141. The number of rotatable bonds is 2. The average Bonchev–Trinajstić information content (AvgIpc) is 2.80. The van der Waals surface area contributed by atoms with Crippen molar-refractivity contribution in [3.8, 4) is 0 Å². The first kappa shape index (κ1) is 14.9. The first-order chi connectivity index (χ1) is 10.3. The van der Waals surface area contributed by atoms with E-state index in [1.165, 1.54) is 18.2 Å². The van der Waals surface area contributed by atoms with Crippen LogP contribution in [0.5, 0.6) is 0 Å². The highest BCUT2D eigenvalue weighted by molar-refractivity contribution is 7.90. The van der Waals surface area contributed by atoms with Crippen LogP contribution in [0.25, 0.3) is 11.0 Å². The minimum atomic E-state index is -4.60. The molecule has 2 aromatic heterocycles. The van der Waals surface area contributed by atoms with Gasteiger partial charge < -0.3 is 0 Å². The lowest BCUT2D eigenvalue weighted by Crippen LogP contribution is -2.16. The number of halogens is 4. The molecule has 0 unspecified atom stereocenters. The van der Waals surface area contributed by atoms with Gasteiger partial charge in [0.15, 0.2) is 4.90 Å². The van der Waals surface area contributed by atoms with E-state index in [-0.39, 0.29) is 16.2 Å². The van der Waals surface area contributed by atoms with Crippen LogP contribution < -0.4 is 0 Å². The zero-order valence-electron chi connectivity index (χ0n) is 10.6. The van der Waals surface area contributed by atoms with Gasteiger partial charge >= 0.3 is 0 Å². The average molecular weight is 347 g/mol. The maximum Gasteiger partial charge on any atom is 0.274 e. The van der Waals surface area contributed by atoms with Crippen molar-refractivity contribution in [3.63, 3.8) is 0 Å². The number of fused-ring (bicyclic) bond motifs is 1. The Hall–Kier alpha value is -2.06. The SMILES string of the molecule is O=S(=O)(c1c(F)cc(F)cc1F)n1ccc2nc(Cl)ccc21. The van der Waals surface area contributed by atoms with Crippen LogP contribution in [0.15, 0.2) is 41.4 Å². The van der Waals surface area contributed by atoms with Gasteiger partial charge in [-0.1, -0.05) is 11.6 Å². The van der Waals surface area contributed by atoms with Crippen LogP contribution in [0.1, 0.15) is 0 Å². The summed E-state index contributed by atoms with van der Waals surface area (Å²) in [7, 11) is -4.60. The highest BCUT2D eigenvalue weighted by Crippen LogP contribution is 2.26. The third kappa shape index (κ3) is 2.24. The number of hydrogen-bond acceptors (Lipinski definition) is 3. The Morgan fingerprint density at radius 1 is 1.05 bits per heavy atom. The molecule has 0 fully saturated rings. The monoisotopic (exact) mass is 346 g/mol. The van der Waals surface area contributed by atoms with Crippen molar-refractivity contribution in [3.05, 3.63) is 59.1 Å². The number of nitrogens with zero attached hydrogens (tertiary/aromatic N) is 2. The summed E-state index contributed by atoms with van der Waals surface area (Å²) in [4.78, 5) is 2.66. The molecule has 4 nitrogen and oxygen atoms in total. The summed E-state index contributed by atoms with van der Waals surface area (Å²) >= 11 is 5.70. The predicted octanol–water partition coefficient (Wildman–Crippen LogP) is 3.34. The van der Waals surface area contributed by atoms with Crippen molar-refractivity contribution < 1.29 is 21.6 Å². The molecule has 0 saturated heterocycles. The van der Waals surface area contributed by atoms with Gasteiger partial charge in [0.25, 0.3) is 10.0 Å². The second-order valence-corrected chi connectivity index (χ2v) is 6.49. The van der Waals surface area contributed by atoms with Crippen LogP contribution >= 0.6 is 11.6 Å². The largest absolute Gasteiger partial charge is 0.274 e. The summed E-state index contributed by atoms with van der Waals surface area (Å²) in [5.74, 6) is -4.23. The Balaban J connectivity index is 2.30. The molecule has 0 spiro atoms. The van der Waals surface area contributed by atoms with Crippen LogP contribution in [-0.2, 0) is 10.0 Å². The van der Waals surface area contributed by atoms with Gasteiger partial charge in [-0.05, 0) is 18.2 Å². The van der Waals surface area contributed by atoms with Crippen molar-refractivity contribution in [2.24, 2.45) is 0 Å². The molecule has 0 aliphatic rings. The lowest BCUT2D eigenvalue weighted by atomic mass is 10.3. The molecule has 0 radical (unpaired) electrons. The molecular formula is C13H6ClF3N2O2S. The van der Waals surface area contributed by atoms with Gasteiger partial charge in [0.2, 0.25) is 0 Å². The van der Waals surface area contributed by atoms with Gasteiger partial charge in [-0.3, -0.25) is 0 Å². The van der Waals surface area contributed by atoms with Crippen LogP contribution in [-0.4, -0.2) is 17.4 Å². The highest BCUT2D eigenvalue weighted by Gasteiger charge is 2.28. The van der Waals surface area contributed by atoms with E-state index >= 15 is 0 Å². The molecule has 1 aromatic carbocycles. The van der Waals surface area contributed by atoms with Gasteiger partial charge in [-0.15, -0.1) is 0 Å². The van der Waals surface area contributed by atoms with Gasteiger partial charge in [0.1, 0.15) is 22.6 Å². The molecule has 0 N–H and O–H groups in total. The summed E-state index contributed by atoms with van der Waals surface area (Å²) in [6.07, 6.45) is 1.09. The van der Waals surface area contributed by atoms with E-state index in [4.69, 9.17) is 11.6 Å². The quantitative estimate of drug-likeness (QED) is 0.669. The maximum absolute atomic E-state index is 13.8. The van der Waals surface area contributed by atoms with Crippen molar-refractivity contribution in [2.45, 2.75) is 4.90 Å². The van der Waals surface area contributed by atoms with Crippen LogP contribution in [0.4, 0.5) is 13.2 Å². The van der Waals surface area contributed by atoms with Gasteiger partial charge in [-0.2, -0.15) is 0 Å². The smallest absolute Gasteiger partial charge is 0.239 e. The van der Waals surface area contributed by atoms with E-state index in [0.717, 1.165) is 6.20 Å². The molecule has 3 aromatic rings. The lowest BCUT2D eigenvalue weighted by molar-refractivity contribution is 0.495. The van der Waals surface area contributed by atoms with E-state index in [9.17, 15) is 21.6 Å². The summed E-state index contributed by atoms with van der Waals surface area (Å²) in [6.45, 7) is 0. The summed E-state index contributed by atoms with van der Waals surface area (Å²) in [5.41, 5.74) is 0.325. The fourth-order valence-electron chi connectivity index (χ4n) is 2.05. The molecule has 0 amide bonds. The van der Waals surface area contributed by atoms with Gasteiger partial charge in [-0.25, -0.2) is 30.5 Å². The lowest BCUT2D eigenvalue weighted by Gasteiger charge is -2.09. The van der Waals surface area contributed by atoms with Crippen LogP contribution in [0.2, 0.25) is 5.15 Å². The number of aromatic nitrogens is 2. The molecular weight excluding hydrogens is 341 g/mol. The van der Waals surface area contributed by atoms with Crippen molar-refractivity contribution in [2.75, 3.05) is 0 Å². The molecule has 0 aliphatic heterocycles. The number of benzene rings is 1. The van der Waals surface area contributed by atoms with Crippen LogP contribution in [0.3, 0.4) is 0 Å². The first-order valence-electron chi connectivity index (χ1n) is 5.84. The Bertz CT molecular complexity index is 979. The van der Waals surface area contributed by atoms with Crippen molar-refractivity contribution >= 4 is 32.7 Å². The van der Waals surface area contributed by atoms with Crippen LogP contribution in [0, 0.1) is 17.5 Å². The maximum atomic E-state index is 13.8. The topological polar surface area (TPSA) is 52.0 Å². The van der Waals surface area contributed by atoms with Gasteiger partial charge in [0, 0.05) is 18.3 Å². The molecule has 0 saturated carbocycles. The fourth-order valence-corrected chi connectivity index (χ4v) is 3.65. The molecule has 0 atom stereocenters. The van der Waals surface area contributed by atoms with Gasteiger partial charge in [0.05, 0.1) is 11.0 Å². The van der Waals surface area contributed by atoms with E-state index in [0.29, 0.717) is 16.1 Å². The van der Waals surface area contributed by atoms with E-state index in [2.05, 4.69) is 4.98 Å². The minimum Gasteiger partial charge on any atom is -0.239 e. The van der Waals surface area contributed by atoms with Crippen molar-refractivity contribution in [1.29, 1.82) is 0 Å². The molecule has 22 heavy (non-hydrogen) atoms. The molecule has 3 rings (SSSR count). The second kappa shape index (κ2) is 4.99. The first-order valence-corrected chi connectivity index (χ1v) is 7.66. The van der Waals surface area contributed by atoms with E-state index in [1.807, 2.05) is 0 Å². The number of hydrogen-bond donors (Lipinski definition) is 0. The third-order valence-corrected chi connectivity index (χ3v) is 4.91. The normalized spacial score (nSPS) is 12.0. The Morgan fingerprint density at radius 2 is 1.68 bits per heavy atom. The third-order valence-electron chi connectivity index (χ3n) is 2.95. The Morgan fingerprint density at radius 3 is 2.32 bits per heavy atom. The zero-order valence-corrected chi connectivity index (χ0v) is 12.2. The Kier molecular flexibility index (Phi) is 3.37. The highest BCUT2D eigenvalue weighted by atomic mass is 35.5. The molecule has 114 valence electrons. The molecule has 9 heteroatoms. The Labute approximate surface area is 127 Å². The minimum absolute atomic E-state index is 0.0903. The summed E-state index contributed by atoms with van der Waals surface area (Å²) in [6, 6.07) is 4.63.